The normalized spacial score (nSPS) is 19.3. The molecule has 26 heavy (non-hydrogen) atoms. The van der Waals surface area contributed by atoms with E-state index >= 15 is 0 Å². The average molecular weight is 368 g/mol. The first-order valence-corrected chi connectivity index (χ1v) is 9.11. The summed E-state index contributed by atoms with van der Waals surface area (Å²) >= 11 is 0. The van der Waals surface area contributed by atoms with Gasteiger partial charge in [-0.25, -0.2) is 8.78 Å². The topological polar surface area (TPSA) is 40.1 Å². The third-order valence-corrected chi connectivity index (χ3v) is 4.76. The maximum Gasteiger partial charge on any atom is 0.193 e. The molecule has 1 aliphatic rings. The summed E-state index contributed by atoms with van der Waals surface area (Å²) in [5.41, 5.74) is 0.0797. The maximum atomic E-state index is 14.2. The van der Waals surface area contributed by atoms with Crippen LogP contribution in [-0.4, -0.2) is 69.8 Å². The molecule has 1 aromatic carbocycles. The van der Waals surface area contributed by atoms with Crippen molar-refractivity contribution in [1.82, 2.24) is 15.1 Å². The summed E-state index contributed by atoms with van der Waals surface area (Å²) in [6.07, 6.45) is 1.06. The van der Waals surface area contributed by atoms with Gasteiger partial charge in [0.25, 0.3) is 0 Å². The van der Waals surface area contributed by atoms with Crippen molar-refractivity contribution in [2.45, 2.75) is 19.4 Å². The monoisotopic (exact) mass is 368 g/mol. The summed E-state index contributed by atoms with van der Waals surface area (Å²) < 4.78 is 33.9. The zero-order chi connectivity index (χ0) is 19.1. The molecular weight excluding hydrogens is 338 g/mol. The van der Waals surface area contributed by atoms with Crippen molar-refractivity contribution in [3.05, 3.63) is 35.4 Å². The van der Waals surface area contributed by atoms with E-state index < -0.39 is 17.7 Å². The second-order valence-electron chi connectivity index (χ2n) is 6.80. The van der Waals surface area contributed by atoms with E-state index in [-0.39, 0.29) is 5.56 Å². The van der Waals surface area contributed by atoms with Gasteiger partial charge in [-0.3, -0.25) is 4.99 Å². The van der Waals surface area contributed by atoms with Gasteiger partial charge in [-0.15, -0.1) is 0 Å². The zero-order valence-electron chi connectivity index (χ0n) is 16.1. The lowest BCUT2D eigenvalue weighted by atomic mass is 10.0. The minimum absolute atomic E-state index is 0.0797. The summed E-state index contributed by atoms with van der Waals surface area (Å²) in [6, 6.07) is 3.54. The van der Waals surface area contributed by atoms with Crippen LogP contribution in [0.4, 0.5) is 8.78 Å². The molecule has 2 rings (SSSR count). The SMILES string of the molecule is CCOCC1CCN(C(=NC)NCC(c2c(F)cccc2F)N(C)C)C1. The van der Waals surface area contributed by atoms with Gasteiger partial charge in [0.05, 0.1) is 12.6 Å². The summed E-state index contributed by atoms with van der Waals surface area (Å²) in [5.74, 6) is 0.187. The van der Waals surface area contributed by atoms with Gasteiger partial charge in [-0.2, -0.15) is 0 Å². The maximum absolute atomic E-state index is 14.2. The van der Waals surface area contributed by atoms with Crippen molar-refractivity contribution in [3.63, 3.8) is 0 Å². The van der Waals surface area contributed by atoms with Crippen molar-refractivity contribution >= 4 is 5.96 Å². The number of hydrogen-bond acceptors (Lipinski definition) is 3. The highest BCUT2D eigenvalue weighted by atomic mass is 19.1. The summed E-state index contributed by atoms with van der Waals surface area (Å²) in [6.45, 7) is 5.62. The number of likely N-dealkylation sites (N-methyl/N-ethyl adjacent to an activating group) is 1. The number of nitrogens with zero attached hydrogens (tertiary/aromatic N) is 3. The zero-order valence-corrected chi connectivity index (χ0v) is 16.1. The van der Waals surface area contributed by atoms with Crippen molar-refractivity contribution in [2.24, 2.45) is 10.9 Å². The molecule has 0 amide bonds. The Morgan fingerprint density at radius 2 is 2.08 bits per heavy atom. The molecule has 0 saturated carbocycles. The minimum atomic E-state index is -0.529. The number of likely N-dealkylation sites (tertiary alicyclic amines) is 1. The van der Waals surface area contributed by atoms with Crippen LogP contribution in [0.2, 0.25) is 0 Å². The molecule has 146 valence electrons. The summed E-state index contributed by atoms with van der Waals surface area (Å²) in [5, 5.41) is 3.28. The Bertz CT molecular complexity index is 589. The van der Waals surface area contributed by atoms with Crippen LogP contribution in [0.15, 0.2) is 23.2 Å². The molecule has 0 spiro atoms. The van der Waals surface area contributed by atoms with E-state index in [0.717, 1.165) is 38.7 Å². The Balaban J connectivity index is 2.02. The number of nitrogens with one attached hydrogen (secondary N) is 1. The van der Waals surface area contributed by atoms with E-state index in [9.17, 15) is 8.78 Å². The first kappa shape index (κ1) is 20.6. The molecule has 1 heterocycles. The van der Waals surface area contributed by atoms with Crippen LogP contribution >= 0.6 is 0 Å². The molecule has 0 bridgehead atoms. The van der Waals surface area contributed by atoms with Crippen molar-refractivity contribution in [2.75, 3.05) is 54.0 Å². The van der Waals surface area contributed by atoms with Gasteiger partial charge in [0.1, 0.15) is 11.6 Å². The molecule has 1 aromatic rings. The molecule has 2 unspecified atom stereocenters. The van der Waals surface area contributed by atoms with Crippen LogP contribution in [0.3, 0.4) is 0 Å². The molecule has 1 fully saturated rings. The molecule has 1 aliphatic heterocycles. The molecule has 0 aliphatic carbocycles. The predicted molar refractivity (Wildman–Crippen MR) is 100 cm³/mol. The van der Waals surface area contributed by atoms with Gasteiger partial charge >= 0.3 is 0 Å². The molecule has 1 N–H and O–H groups in total. The lowest BCUT2D eigenvalue weighted by Gasteiger charge is -2.28. The Morgan fingerprint density at radius 3 is 2.65 bits per heavy atom. The second kappa shape index (κ2) is 9.83. The highest BCUT2D eigenvalue weighted by Crippen LogP contribution is 2.24. The van der Waals surface area contributed by atoms with Gasteiger partial charge in [0.2, 0.25) is 0 Å². The number of ether oxygens (including phenoxy) is 1. The van der Waals surface area contributed by atoms with E-state index in [4.69, 9.17) is 4.74 Å². The largest absolute Gasteiger partial charge is 0.381 e. The van der Waals surface area contributed by atoms with Gasteiger partial charge in [-0.1, -0.05) is 6.07 Å². The quantitative estimate of drug-likeness (QED) is 0.593. The van der Waals surface area contributed by atoms with Crippen LogP contribution in [-0.2, 0) is 4.74 Å². The molecule has 2 atom stereocenters. The summed E-state index contributed by atoms with van der Waals surface area (Å²) in [7, 11) is 5.36. The van der Waals surface area contributed by atoms with E-state index in [2.05, 4.69) is 15.2 Å². The van der Waals surface area contributed by atoms with E-state index in [1.807, 2.05) is 25.9 Å². The smallest absolute Gasteiger partial charge is 0.193 e. The van der Waals surface area contributed by atoms with Gasteiger partial charge < -0.3 is 19.9 Å². The summed E-state index contributed by atoms with van der Waals surface area (Å²) in [4.78, 5) is 8.32. The molecule has 0 aromatic heterocycles. The highest BCUT2D eigenvalue weighted by Gasteiger charge is 2.27. The molecule has 7 heteroatoms. The van der Waals surface area contributed by atoms with E-state index in [1.165, 1.54) is 18.2 Å². The Hall–Kier alpha value is -1.73. The van der Waals surface area contributed by atoms with Crippen molar-refractivity contribution < 1.29 is 13.5 Å². The Kier molecular flexibility index (Phi) is 7.78. The fraction of sp³-hybridized carbons (Fsp3) is 0.632. The van der Waals surface area contributed by atoms with Crippen LogP contribution in [0.5, 0.6) is 0 Å². The molecule has 1 saturated heterocycles. The van der Waals surface area contributed by atoms with Crippen LogP contribution in [0.25, 0.3) is 0 Å². The number of halogens is 2. The fourth-order valence-electron chi connectivity index (χ4n) is 3.34. The number of guanidine groups is 1. The molecular formula is C19H30F2N4O. The number of aliphatic imine (C=N–C) groups is 1. The van der Waals surface area contributed by atoms with Crippen LogP contribution < -0.4 is 5.32 Å². The lowest BCUT2D eigenvalue weighted by molar-refractivity contribution is 0.114. The van der Waals surface area contributed by atoms with Crippen molar-refractivity contribution in [3.8, 4) is 0 Å². The molecule has 0 radical (unpaired) electrons. The van der Waals surface area contributed by atoms with Crippen LogP contribution in [0, 0.1) is 17.6 Å². The lowest BCUT2D eigenvalue weighted by Crippen LogP contribution is -2.44. The predicted octanol–water partition coefficient (Wildman–Crippen LogP) is 2.50. The van der Waals surface area contributed by atoms with Crippen molar-refractivity contribution in [1.29, 1.82) is 0 Å². The first-order chi connectivity index (χ1) is 12.5. The second-order valence-corrected chi connectivity index (χ2v) is 6.80. The van der Waals surface area contributed by atoms with E-state index in [1.54, 1.807) is 7.05 Å². The minimum Gasteiger partial charge on any atom is -0.381 e. The van der Waals surface area contributed by atoms with Gasteiger partial charge in [-0.05, 0) is 39.6 Å². The number of hydrogen-bond donors (Lipinski definition) is 1. The Morgan fingerprint density at radius 1 is 1.38 bits per heavy atom. The third kappa shape index (κ3) is 5.14. The van der Waals surface area contributed by atoms with Gasteiger partial charge in [0, 0.05) is 44.8 Å². The standard InChI is InChI=1S/C19H30F2N4O/c1-5-26-13-14-9-10-25(12-14)19(22-2)23-11-17(24(3)4)18-15(20)7-6-8-16(18)21/h6-8,14,17H,5,9-13H2,1-4H3,(H,22,23). The third-order valence-electron chi connectivity index (χ3n) is 4.76. The molecule has 5 nitrogen and oxygen atoms in total. The fourth-order valence-corrected chi connectivity index (χ4v) is 3.34. The number of benzene rings is 1. The van der Waals surface area contributed by atoms with Crippen LogP contribution in [0.1, 0.15) is 24.9 Å². The average Bonchev–Trinajstić information content (AvgIpc) is 3.07. The van der Waals surface area contributed by atoms with E-state index in [0.29, 0.717) is 12.5 Å². The Labute approximate surface area is 155 Å². The first-order valence-electron chi connectivity index (χ1n) is 9.11. The highest BCUT2D eigenvalue weighted by molar-refractivity contribution is 5.80. The van der Waals surface area contributed by atoms with Gasteiger partial charge in [0.15, 0.2) is 5.96 Å². The number of rotatable bonds is 7.